The van der Waals surface area contributed by atoms with E-state index in [9.17, 15) is 13.6 Å². The van der Waals surface area contributed by atoms with Crippen molar-refractivity contribution in [2.75, 3.05) is 0 Å². The van der Waals surface area contributed by atoms with Gasteiger partial charge in [-0.3, -0.25) is 4.79 Å². The Morgan fingerprint density at radius 2 is 2.32 bits per heavy atom. The number of rotatable bonds is 4. The van der Waals surface area contributed by atoms with E-state index in [0.29, 0.717) is 26.9 Å². The van der Waals surface area contributed by atoms with E-state index < -0.39 is 17.1 Å². The molecule has 1 N–H and O–H groups in total. The molecule has 1 unspecified atom stereocenters. The first-order valence-electron chi connectivity index (χ1n) is 5.09. The second kappa shape index (κ2) is 5.34. The molecule has 0 saturated carbocycles. The molecule has 0 radical (unpaired) electrons. The van der Waals surface area contributed by atoms with Crippen molar-refractivity contribution in [1.82, 2.24) is 4.98 Å². The van der Waals surface area contributed by atoms with Crippen molar-refractivity contribution in [2.24, 2.45) is 0 Å². The number of hydrogen-bond donors (Lipinski definition) is 1. The molecule has 2 aromatic rings. The molecule has 2 rings (SSSR count). The van der Waals surface area contributed by atoms with Crippen LogP contribution in [0.5, 0.6) is 0 Å². The Labute approximate surface area is 124 Å². The maximum absolute atomic E-state index is 13.0. The van der Waals surface area contributed by atoms with Crippen molar-refractivity contribution < 1.29 is 18.7 Å². The summed E-state index contributed by atoms with van der Waals surface area (Å²) in [6.07, 6.45) is -1.48. The van der Waals surface area contributed by atoms with Gasteiger partial charge >= 0.3 is 5.97 Å². The zero-order valence-corrected chi connectivity index (χ0v) is 12.8. The summed E-state index contributed by atoms with van der Waals surface area (Å²) in [6.45, 7) is 1.03. The van der Waals surface area contributed by atoms with Gasteiger partial charge < -0.3 is 5.11 Å². The second-order valence-electron chi connectivity index (χ2n) is 3.89. The predicted molar refractivity (Wildman–Crippen MR) is 75.2 cm³/mol. The smallest absolute Gasteiger partial charge is 0.325 e. The Morgan fingerprint density at radius 1 is 1.63 bits per heavy atom. The topological polar surface area (TPSA) is 50.2 Å². The van der Waals surface area contributed by atoms with Gasteiger partial charge in [0.15, 0.2) is 4.75 Å². The number of aromatic nitrogens is 1. The zero-order valence-electron chi connectivity index (χ0n) is 9.56. The van der Waals surface area contributed by atoms with Crippen LogP contribution < -0.4 is 0 Å². The lowest BCUT2D eigenvalue weighted by atomic mass is 10.2. The average Bonchev–Trinajstić information content (AvgIpc) is 2.69. The molecule has 0 bridgehead atoms. The maximum Gasteiger partial charge on any atom is 0.325 e. The number of pyridine rings is 1. The van der Waals surface area contributed by atoms with Crippen LogP contribution in [0.25, 0.3) is 10.2 Å². The van der Waals surface area contributed by atoms with E-state index in [-0.39, 0.29) is 0 Å². The summed E-state index contributed by atoms with van der Waals surface area (Å²) in [6, 6.07) is 3.30. The molecule has 102 valence electrons. The minimum absolute atomic E-state index is 0.483. The van der Waals surface area contributed by atoms with Crippen LogP contribution in [-0.2, 0) is 4.79 Å². The van der Waals surface area contributed by atoms with Gasteiger partial charge in [-0.2, -0.15) is 0 Å². The van der Waals surface area contributed by atoms with Gasteiger partial charge in [0.25, 0.3) is 6.43 Å². The number of thioether (sulfide) groups is 1. The average molecular weight is 368 g/mol. The summed E-state index contributed by atoms with van der Waals surface area (Å²) in [4.78, 5) is 16.4. The Balaban J connectivity index is 2.48. The van der Waals surface area contributed by atoms with Gasteiger partial charge in [0, 0.05) is 16.5 Å². The van der Waals surface area contributed by atoms with Crippen LogP contribution in [0, 0.1) is 0 Å². The van der Waals surface area contributed by atoms with Crippen LogP contribution in [0.2, 0.25) is 0 Å². The summed E-state index contributed by atoms with van der Waals surface area (Å²) in [5, 5.41) is 9.70. The van der Waals surface area contributed by atoms with Gasteiger partial charge in [-0.15, -0.1) is 23.1 Å². The molecule has 19 heavy (non-hydrogen) atoms. The monoisotopic (exact) mass is 367 g/mol. The fourth-order valence-corrected chi connectivity index (χ4v) is 3.92. The number of halogens is 3. The molecule has 0 aliphatic rings. The molecule has 0 aliphatic carbocycles. The summed E-state index contributed by atoms with van der Waals surface area (Å²) in [5.74, 6) is -1.54. The molecular weight excluding hydrogens is 360 g/mol. The summed E-state index contributed by atoms with van der Waals surface area (Å²) >= 11 is 5.31. The van der Waals surface area contributed by atoms with Gasteiger partial charge in [-0.1, -0.05) is 0 Å². The van der Waals surface area contributed by atoms with Crippen molar-refractivity contribution in [1.29, 1.82) is 0 Å². The lowest BCUT2D eigenvalue weighted by Gasteiger charge is -2.23. The number of thiophene rings is 1. The highest BCUT2D eigenvalue weighted by Crippen LogP contribution is 2.42. The van der Waals surface area contributed by atoms with E-state index in [1.807, 2.05) is 0 Å². The highest BCUT2D eigenvalue weighted by atomic mass is 79.9. The van der Waals surface area contributed by atoms with Gasteiger partial charge in [-0.05, 0) is 35.0 Å². The molecule has 8 heteroatoms. The van der Waals surface area contributed by atoms with E-state index >= 15 is 0 Å². The van der Waals surface area contributed by atoms with Crippen LogP contribution in [0.4, 0.5) is 8.78 Å². The quantitative estimate of drug-likeness (QED) is 0.820. The van der Waals surface area contributed by atoms with Crippen LogP contribution >= 0.6 is 39.0 Å². The lowest BCUT2D eigenvalue weighted by molar-refractivity contribution is -0.143. The number of nitrogens with zero attached hydrogens (tertiary/aromatic N) is 1. The number of carbonyl (C=O) groups is 1. The Kier molecular flexibility index (Phi) is 4.12. The standard InChI is InChI=1S/C11H8BrF2NO2S2/c1-11(9(13)14,10(16)17)19-6-2-3-15-8-5(6)4-7(12)18-8/h2-4,9H,1H3,(H,16,17). The van der Waals surface area contributed by atoms with Gasteiger partial charge in [0.1, 0.15) is 4.83 Å². The van der Waals surface area contributed by atoms with Crippen LogP contribution in [-0.4, -0.2) is 27.2 Å². The molecule has 2 heterocycles. The van der Waals surface area contributed by atoms with E-state index in [4.69, 9.17) is 5.11 Å². The van der Waals surface area contributed by atoms with Gasteiger partial charge in [0.05, 0.1) is 3.79 Å². The van der Waals surface area contributed by atoms with E-state index in [1.54, 1.807) is 12.1 Å². The Morgan fingerprint density at radius 3 is 2.89 bits per heavy atom. The summed E-state index contributed by atoms with van der Waals surface area (Å²) in [5.41, 5.74) is 0. The highest BCUT2D eigenvalue weighted by molar-refractivity contribution is 9.11. The third kappa shape index (κ3) is 2.75. The fraction of sp³-hybridized carbons (Fsp3) is 0.273. The number of fused-ring (bicyclic) bond motifs is 1. The minimum Gasteiger partial charge on any atom is -0.480 e. The lowest BCUT2D eigenvalue weighted by Crippen LogP contribution is -2.39. The first kappa shape index (κ1) is 14.7. The van der Waals surface area contributed by atoms with Crippen LogP contribution in [0.1, 0.15) is 6.92 Å². The molecule has 0 aromatic carbocycles. The largest absolute Gasteiger partial charge is 0.480 e. The third-order valence-corrected chi connectivity index (χ3v) is 5.43. The molecule has 0 amide bonds. The first-order valence-corrected chi connectivity index (χ1v) is 7.52. The minimum atomic E-state index is -2.97. The van der Waals surface area contributed by atoms with Gasteiger partial charge in [-0.25, -0.2) is 13.8 Å². The first-order chi connectivity index (χ1) is 8.84. The summed E-state index contributed by atoms with van der Waals surface area (Å²) < 4.78 is 24.6. The molecule has 3 nitrogen and oxygen atoms in total. The Hall–Kier alpha value is -0.730. The number of carboxylic acids is 1. The van der Waals surface area contributed by atoms with E-state index in [2.05, 4.69) is 20.9 Å². The van der Waals surface area contributed by atoms with Crippen LogP contribution in [0.3, 0.4) is 0 Å². The van der Waals surface area contributed by atoms with E-state index in [1.165, 1.54) is 17.5 Å². The van der Waals surface area contributed by atoms with Crippen LogP contribution in [0.15, 0.2) is 27.0 Å². The number of carboxylic acid groups (broad SMARTS) is 1. The van der Waals surface area contributed by atoms with Gasteiger partial charge in [0.2, 0.25) is 0 Å². The number of alkyl halides is 2. The third-order valence-electron chi connectivity index (χ3n) is 2.53. The molecule has 0 aliphatic heterocycles. The number of hydrogen-bond acceptors (Lipinski definition) is 4. The molecule has 2 aromatic heterocycles. The Bertz CT molecular complexity index is 634. The second-order valence-corrected chi connectivity index (χ2v) is 7.80. The molecular formula is C11H8BrF2NO2S2. The zero-order chi connectivity index (χ0) is 14.2. The normalized spacial score (nSPS) is 14.8. The predicted octanol–water partition coefficient (Wildman–Crippen LogP) is 4.26. The van der Waals surface area contributed by atoms with E-state index in [0.717, 1.165) is 10.7 Å². The molecule has 1 atom stereocenters. The van der Waals surface area contributed by atoms with Crippen molar-refractivity contribution in [3.63, 3.8) is 0 Å². The van der Waals surface area contributed by atoms with Crippen molar-refractivity contribution in [3.8, 4) is 0 Å². The van der Waals surface area contributed by atoms with Crippen molar-refractivity contribution in [2.45, 2.75) is 23.0 Å². The van der Waals surface area contributed by atoms with Crippen molar-refractivity contribution >= 4 is 55.2 Å². The molecule has 0 spiro atoms. The highest BCUT2D eigenvalue weighted by Gasteiger charge is 2.44. The molecule has 0 fully saturated rings. The number of aliphatic carboxylic acids is 1. The van der Waals surface area contributed by atoms with Crippen molar-refractivity contribution in [3.05, 3.63) is 22.1 Å². The summed E-state index contributed by atoms with van der Waals surface area (Å²) in [7, 11) is 0. The molecule has 0 saturated heterocycles. The fourth-order valence-electron chi connectivity index (χ4n) is 1.39. The SMILES string of the molecule is CC(Sc1ccnc2sc(Br)cc12)(C(=O)O)C(F)F. The maximum atomic E-state index is 13.0.